The minimum Gasteiger partial charge on any atom is -0.391 e. The topological polar surface area (TPSA) is 85.9 Å². The smallest absolute Gasteiger partial charge is 0.317 e. The van der Waals surface area contributed by atoms with E-state index in [1.165, 1.54) is 11.1 Å². The first-order chi connectivity index (χ1) is 12.1. The van der Waals surface area contributed by atoms with Crippen molar-refractivity contribution in [1.29, 1.82) is 0 Å². The van der Waals surface area contributed by atoms with E-state index in [2.05, 4.69) is 41.2 Å². The predicted octanol–water partition coefficient (Wildman–Crippen LogP) is 1.31. The Morgan fingerprint density at radius 3 is 3.04 bits per heavy atom. The van der Waals surface area contributed by atoms with Gasteiger partial charge in [0.05, 0.1) is 12.1 Å². The molecule has 1 aromatic rings. The van der Waals surface area contributed by atoms with Gasteiger partial charge in [-0.2, -0.15) is 5.48 Å². The fraction of sp³-hybridized carbons (Fsp3) is 0.611. The van der Waals surface area contributed by atoms with Gasteiger partial charge in [-0.25, -0.2) is 4.79 Å². The van der Waals surface area contributed by atoms with Crippen molar-refractivity contribution in [2.45, 2.75) is 57.1 Å². The Morgan fingerprint density at radius 2 is 2.32 bits per heavy atom. The van der Waals surface area contributed by atoms with E-state index < -0.39 is 0 Å². The summed E-state index contributed by atoms with van der Waals surface area (Å²) in [6.07, 6.45) is 3.12. The number of nitrogens with one attached hydrogen (secondary N) is 3. The minimum absolute atomic E-state index is 0.00924. The lowest BCUT2D eigenvalue weighted by atomic mass is 10.0. The molecule has 4 N–H and O–H groups in total. The number of hydroxylamine groups is 1. The fourth-order valence-corrected chi connectivity index (χ4v) is 3.90. The van der Waals surface area contributed by atoms with Crippen molar-refractivity contribution in [2.75, 3.05) is 13.1 Å². The van der Waals surface area contributed by atoms with Crippen LogP contribution in [0.2, 0.25) is 0 Å². The van der Waals surface area contributed by atoms with Gasteiger partial charge in [-0.15, -0.1) is 0 Å². The van der Waals surface area contributed by atoms with Gasteiger partial charge in [0.2, 0.25) is 0 Å². The Labute approximate surface area is 147 Å². The Morgan fingerprint density at radius 1 is 1.44 bits per heavy atom. The fourth-order valence-electron chi connectivity index (χ4n) is 3.90. The van der Waals surface area contributed by atoms with Gasteiger partial charge in [0, 0.05) is 13.1 Å². The largest absolute Gasteiger partial charge is 0.391 e. The van der Waals surface area contributed by atoms with E-state index in [4.69, 9.17) is 4.84 Å². The first-order valence-electron chi connectivity index (χ1n) is 9.17. The van der Waals surface area contributed by atoms with E-state index in [9.17, 15) is 9.90 Å². The van der Waals surface area contributed by atoms with Crippen LogP contribution in [0.15, 0.2) is 18.2 Å². The molecule has 7 heteroatoms. The number of aliphatic hydroxyl groups is 1. The van der Waals surface area contributed by atoms with E-state index in [0.717, 1.165) is 24.8 Å². The maximum absolute atomic E-state index is 12.4. The molecular formula is C18H26N4O3. The summed E-state index contributed by atoms with van der Waals surface area (Å²) in [5, 5.41) is 16.1. The molecule has 1 aliphatic carbocycles. The zero-order chi connectivity index (χ0) is 17.4. The molecule has 4 rings (SSSR count). The molecule has 2 amide bonds. The highest BCUT2D eigenvalue weighted by Crippen LogP contribution is 2.33. The molecule has 2 fully saturated rings. The normalized spacial score (nSPS) is 31.4. The number of aryl methyl sites for hydroxylation is 1. The molecule has 0 bridgehead atoms. The zero-order valence-electron chi connectivity index (χ0n) is 14.5. The Bertz CT molecular complexity index is 653. The van der Waals surface area contributed by atoms with Gasteiger partial charge in [-0.3, -0.25) is 10.2 Å². The highest BCUT2D eigenvalue weighted by atomic mass is 16.7. The number of carbonyl (C=O) groups excluding carboxylic acids is 1. The molecule has 136 valence electrons. The Hall–Kier alpha value is -1.67. The summed E-state index contributed by atoms with van der Waals surface area (Å²) >= 11 is 0. The van der Waals surface area contributed by atoms with Crippen LogP contribution in [0.25, 0.3) is 0 Å². The van der Waals surface area contributed by atoms with Crippen LogP contribution >= 0.6 is 0 Å². The number of aliphatic hydroxyl groups excluding tert-OH is 1. The van der Waals surface area contributed by atoms with Gasteiger partial charge in [0.15, 0.2) is 0 Å². The molecule has 0 aromatic heterocycles. The van der Waals surface area contributed by atoms with E-state index in [0.29, 0.717) is 19.5 Å². The number of rotatable bonds is 3. The first kappa shape index (κ1) is 16.8. The molecule has 4 atom stereocenters. The number of benzene rings is 1. The number of hydrogen-bond acceptors (Lipinski definition) is 5. The lowest BCUT2D eigenvalue weighted by molar-refractivity contribution is 0.0207. The summed E-state index contributed by atoms with van der Waals surface area (Å²) in [5.41, 5.74) is 6.68. The molecule has 25 heavy (non-hydrogen) atoms. The van der Waals surface area contributed by atoms with Crippen LogP contribution in [0.3, 0.4) is 0 Å². The van der Waals surface area contributed by atoms with Crippen LogP contribution in [0, 0.1) is 0 Å². The first-order valence-corrected chi connectivity index (χ1v) is 9.17. The number of amides is 2. The van der Waals surface area contributed by atoms with Gasteiger partial charge in [0.25, 0.3) is 0 Å². The van der Waals surface area contributed by atoms with Crippen LogP contribution < -0.4 is 16.1 Å². The Kier molecular flexibility index (Phi) is 4.64. The average Bonchev–Trinajstić information content (AvgIpc) is 3.34. The molecule has 3 aliphatic rings. The van der Waals surface area contributed by atoms with Crippen molar-refractivity contribution in [3.8, 4) is 0 Å². The van der Waals surface area contributed by atoms with Gasteiger partial charge in [0.1, 0.15) is 12.4 Å². The zero-order valence-corrected chi connectivity index (χ0v) is 14.5. The summed E-state index contributed by atoms with van der Waals surface area (Å²) in [6, 6.07) is 6.39. The second-order valence-corrected chi connectivity index (χ2v) is 7.12. The van der Waals surface area contributed by atoms with Gasteiger partial charge < -0.3 is 15.3 Å². The number of nitrogens with zero attached hydrogens (tertiary/aromatic N) is 1. The standard InChI is InChI=1S/C18H26N4O3/c1-2-16-20-17(21-25-16)12-3-5-14-11(9-12)4-6-15(14)19-18(24)22-8-7-13(23)10-22/h3,5,9,13,15-17,20-21,23H,2,4,6-8,10H2,1H3,(H,19,24)/t13-,15-,16?,17?/m1/s1. The van der Waals surface area contributed by atoms with E-state index in [1.807, 2.05) is 0 Å². The second kappa shape index (κ2) is 6.92. The van der Waals surface area contributed by atoms with Crippen LogP contribution in [0.1, 0.15) is 55.1 Å². The summed E-state index contributed by atoms with van der Waals surface area (Å²) in [5.74, 6) is 0. The summed E-state index contributed by atoms with van der Waals surface area (Å²) in [7, 11) is 0. The minimum atomic E-state index is -0.384. The summed E-state index contributed by atoms with van der Waals surface area (Å²) < 4.78 is 0. The maximum Gasteiger partial charge on any atom is 0.317 e. The van der Waals surface area contributed by atoms with Crippen molar-refractivity contribution >= 4 is 6.03 Å². The van der Waals surface area contributed by atoms with Crippen LogP contribution in [-0.2, 0) is 11.3 Å². The number of fused-ring (bicyclic) bond motifs is 1. The second-order valence-electron chi connectivity index (χ2n) is 7.12. The molecule has 2 heterocycles. The molecule has 0 radical (unpaired) electrons. The van der Waals surface area contributed by atoms with Crippen molar-refractivity contribution in [3.05, 3.63) is 34.9 Å². The number of hydrogen-bond donors (Lipinski definition) is 4. The van der Waals surface area contributed by atoms with Crippen molar-refractivity contribution in [1.82, 2.24) is 21.0 Å². The quantitative estimate of drug-likeness (QED) is 0.663. The van der Waals surface area contributed by atoms with Crippen molar-refractivity contribution in [3.63, 3.8) is 0 Å². The molecular weight excluding hydrogens is 320 g/mol. The third kappa shape index (κ3) is 3.37. The number of carbonyl (C=O) groups is 1. The van der Waals surface area contributed by atoms with Crippen LogP contribution in [-0.4, -0.2) is 41.5 Å². The highest BCUT2D eigenvalue weighted by molar-refractivity contribution is 5.75. The molecule has 7 nitrogen and oxygen atoms in total. The highest BCUT2D eigenvalue weighted by Gasteiger charge is 2.30. The predicted molar refractivity (Wildman–Crippen MR) is 92.4 cm³/mol. The van der Waals surface area contributed by atoms with E-state index >= 15 is 0 Å². The number of likely N-dealkylation sites (tertiary alicyclic amines) is 1. The molecule has 0 saturated carbocycles. The van der Waals surface area contributed by atoms with Crippen LogP contribution in [0.5, 0.6) is 0 Å². The molecule has 2 saturated heterocycles. The molecule has 2 unspecified atom stereocenters. The Balaban J connectivity index is 1.42. The average molecular weight is 346 g/mol. The van der Waals surface area contributed by atoms with Gasteiger partial charge >= 0.3 is 6.03 Å². The van der Waals surface area contributed by atoms with Gasteiger partial charge in [-0.1, -0.05) is 25.1 Å². The maximum atomic E-state index is 12.4. The molecule has 2 aliphatic heterocycles. The third-order valence-electron chi connectivity index (χ3n) is 5.38. The molecule has 0 spiro atoms. The lowest BCUT2D eigenvalue weighted by Crippen LogP contribution is -2.40. The summed E-state index contributed by atoms with van der Waals surface area (Å²) in [4.78, 5) is 19.6. The van der Waals surface area contributed by atoms with Crippen molar-refractivity contribution in [2.24, 2.45) is 0 Å². The van der Waals surface area contributed by atoms with Crippen molar-refractivity contribution < 1.29 is 14.7 Å². The monoisotopic (exact) mass is 346 g/mol. The summed E-state index contributed by atoms with van der Waals surface area (Å²) in [6.45, 7) is 3.14. The van der Waals surface area contributed by atoms with Gasteiger partial charge in [-0.05, 0) is 42.4 Å². The number of urea groups is 1. The van der Waals surface area contributed by atoms with E-state index in [-0.39, 0.29) is 30.6 Å². The van der Waals surface area contributed by atoms with Crippen LogP contribution in [0.4, 0.5) is 4.79 Å². The lowest BCUT2D eigenvalue weighted by Gasteiger charge is -2.21. The molecule has 1 aromatic carbocycles. The number of β-amino-alcohol motifs (C(OH)–C–C–N with tert-alkyl or cyclic N) is 1. The SMILES string of the molecule is CCC1NC(c2ccc3c(c2)CC[C@H]3NC(=O)N2CC[C@@H](O)C2)NO1. The third-order valence-corrected chi connectivity index (χ3v) is 5.38. The van der Waals surface area contributed by atoms with E-state index in [1.54, 1.807) is 4.90 Å².